The summed E-state index contributed by atoms with van der Waals surface area (Å²) in [6.45, 7) is 0.251. The molecule has 2 aliphatic heterocycles. The SMILES string of the molecule is O=C(C[C@@H]1NC(=O)c2ccccc2NC1=O)NC[C@@H]1CCS(=O)(=O)C1. The van der Waals surface area contributed by atoms with E-state index in [1.165, 1.54) is 0 Å². The van der Waals surface area contributed by atoms with Crippen LogP contribution in [0.3, 0.4) is 0 Å². The van der Waals surface area contributed by atoms with Crippen LogP contribution in [0, 0.1) is 5.92 Å². The standard InChI is InChI=1S/C16H19N3O5S/c20-14(17-8-10-5-6-25(23,24)9-10)7-13-16(22)18-12-4-2-1-3-11(12)15(21)19-13/h1-4,10,13H,5-9H2,(H,17,20)(H,18,22)(H,19,21)/t10-,13-/m0/s1. The van der Waals surface area contributed by atoms with Gasteiger partial charge in [0.1, 0.15) is 6.04 Å². The number of anilines is 1. The highest BCUT2D eigenvalue weighted by Gasteiger charge is 2.31. The summed E-state index contributed by atoms with van der Waals surface area (Å²) >= 11 is 0. The fourth-order valence-corrected chi connectivity index (χ4v) is 4.87. The summed E-state index contributed by atoms with van der Waals surface area (Å²) < 4.78 is 22.8. The van der Waals surface area contributed by atoms with E-state index in [-0.39, 0.29) is 30.4 Å². The number of sulfone groups is 1. The van der Waals surface area contributed by atoms with E-state index in [1.807, 2.05) is 0 Å². The molecule has 0 radical (unpaired) electrons. The van der Waals surface area contributed by atoms with Gasteiger partial charge in [0.25, 0.3) is 5.91 Å². The highest BCUT2D eigenvalue weighted by atomic mass is 32.2. The van der Waals surface area contributed by atoms with Crippen molar-refractivity contribution in [2.24, 2.45) is 5.92 Å². The van der Waals surface area contributed by atoms with Crippen molar-refractivity contribution in [3.63, 3.8) is 0 Å². The molecule has 2 heterocycles. The van der Waals surface area contributed by atoms with E-state index in [0.29, 0.717) is 17.7 Å². The topological polar surface area (TPSA) is 121 Å². The third kappa shape index (κ3) is 4.16. The Morgan fingerprint density at radius 3 is 2.72 bits per heavy atom. The van der Waals surface area contributed by atoms with Crippen molar-refractivity contribution in [3.8, 4) is 0 Å². The first-order valence-corrected chi connectivity index (χ1v) is 9.84. The number of rotatable bonds is 4. The van der Waals surface area contributed by atoms with Crippen molar-refractivity contribution in [2.45, 2.75) is 18.9 Å². The van der Waals surface area contributed by atoms with Gasteiger partial charge >= 0.3 is 0 Å². The molecule has 1 aromatic carbocycles. The maximum atomic E-state index is 12.2. The molecule has 2 aliphatic rings. The van der Waals surface area contributed by atoms with Crippen LogP contribution in [0.5, 0.6) is 0 Å². The minimum Gasteiger partial charge on any atom is -0.356 e. The van der Waals surface area contributed by atoms with E-state index in [4.69, 9.17) is 0 Å². The Hall–Kier alpha value is -2.42. The molecule has 0 unspecified atom stereocenters. The predicted molar refractivity (Wildman–Crippen MR) is 90.7 cm³/mol. The van der Waals surface area contributed by atoms with Crippen LogP contribution in [0.4, 0.5) is 5.69 Å². The number of para-hydroxylation sites is 1. The van der Waals surface area contributed by atoms with Crippen molar-refractivity contribution in [2.75, 3.05) is 23.4 Å². The largest absolute Gasteiger partial charge is 0.356 e. The molecule has 0 aromatic heterocycles. The molecule has 25 heavy (non-hydrogen) atoms. The molecule has 8 nitrogen and oxygen atoms in total. The van der Waals surface area contributed by atoms with E-state index >= 15 is 0 Å². The summed E-state index contributed by atoms with van der Waals surface area (Å²) in [5.74, 6) is -1.17. The van der Waals surface area contributed by atoms with Crippen molar-refractivity contribution in [1.82, 2.24) is 10.6 Å². The number of carbonyl (C=O) groups excluding carboxylic acids is 3. The molecule has 3 rings (SSSR count). The summed E-state index contributed by atoms with van der Waals surface area (Å²) in [7, 11) is -2.99. The molecule has 9 heteroatoms. The summed E-state index contributed by atoms with van der Waals surface area (Å²) in [6.07, 6.45) is 0.323. The molecule has 0 spiro atoms. The van der Waals surface area contributed by atoms with E-state index in [0.717, 1.165) is 0 Å². The van der Waals surface area contributed by atoms with Crippen LogP contribution in [-0.2, 0) is 19.4 Å². The maximum Gasteiger partial charge on any atom is 0.254 e. The quantitative estimate of drug-likeness (QED) is 0.675. The summed E-state index contributed by atoms with van der Waals surface area (Å²) in [6, 6.07) is 5.62. The average molecular weight is 365 g/mol. The molecule has 3 N–H and O–H groups in total. The van der Waals surface area contributed by atoms with Gasteiger partial charge in [0, 0.05) is 6.54 Å². The fourth-order valence-electron chi connectivity index (χ4n) is 3.00. The van der Waals surface area contributed by atoms with Crippen LogP contribution in [0.15, 0.2) is 24.3 Å². The molecule has 2 atom stereocenters. The molecule has 1 aromatic rings. The smallest absolute Gasteiger partial charge is 0.254 e. The van der Waals surface area contributed by atoms with Crippen LogP contribution in [0.2, 0.25) is 0 Å². The van der Waals surface area contributed by atoms with Gasteiger partial charge in [-0.3, -0.25) is 14.4 Å². The van der Waals surface area contributed by atoms with Gasteiger partial charge in [0.15, 0.2) is 9.84 Å². The van der Waals surface area contributed by atoms with E-state index in [9.17, 15) is 22.8 Å². The monoisotopic (exact) mass is 365 g/mol. The van der Waals surface area contributed by atoms with Crippen LogP contribution in [0.25, 0.3) is 0 Å². The summed E-state index contributed by atoms with van der Waals surface area (Å²) in [5.41, 5.74) is 0.749. The molecular weight excluding hydrogens is 346 g/mol. The number of nitrogens with one attached hydrogen (secondary N) is 3. The van der Waals surface area contributed by atoms with Crippen LogP contribution in [0.1, 0.15) is 23.2 Å². The lowest BCUT2D eigenvalue weighted by molar-refractivity contribution is -0.125. The van der Waals surface area contributed by atoms with Crippen LogP contribution < -0.4 is 16.0 Å². The second-order valence-corrected chi connectivity index (χ2v) is 8.57. The van der Waals surface area contributed by atoms with Crippen molar-refractivity contribution in [3.05, 3.63) is 29.8 Å². The van der Waals surface area contributed by atoms with Crippen molar-refractivity contribution >= 4 is 33.2 Å². The van der Waals surface area contributed by atoms with E-state index in [2.05, 4.69) is 16.0 Å². The zero-order valence-corrected chi connectivity index (χ0v) is 14.3. The summed E-state index contributed by atoms with van der Waals surface area (Å²) in [5, 5.41) is 7.84. The van der Waals surface area contributed by atoms with Gasteiger partial charge < -0.3 is 16.0 Å². The molecular formula is C16H19N3O5S. The lowest BCUT2D eigenvalue weighted by atomic mass is 10.1. The Morgan fingerprint density at radius 1 is 1.24 bits per heavy atom. The van der Waals surface area contributed by atoms with Crippen LogP contribution >= 0.6 is 0 Å². The number of hydrogen-bond acceptors (Lipinski definition) is 5. The van der Waals surface area contributed by atoms with Gasteiger partial charge in [-0.05, 0) is 24.5 Å². The van der Waals surface area contributed by atoms with Gasteiger partial charge in [-0.15, -0.1) is 0 Å². The second-order valence-electron chi connectivity index (χ2n) is 6.34. The Balaban J connectivity index is 1.57. The number of benzene rings is 1. The Morgan fingerprint density at radius 2 is 2.00 bits per heavy atom. The molecule has 3 amide bonds. The van der Waals surface area contributed by atoms with Gasteiger partial charge in [-0.1, -0.05) is 12.1 Å². The third-order valence-electron chi connectivity index (χ3n) is 4.36. The molecule has 0 saturated carbocycles. The lowest BCUT2D eigenvalue weighted by Gasteiger charge is -2.15. The van der Waals surface area contributed by atoms with Gasteiger partial charge in [-0.2, -0.15) is 0 Å². The predicted octanol–water partition coefficient (Wildman–Crippen LogP) is -0.322. The van der Waals surface area contributed by atoms with Crippen molar-refractivity contribution < 1.29 is 22.8 Å². The molecule has 0 bridgehead atoms. The van der Waals surface area contributed by atoms with E-state index in [1.54, 1.807) is 24.3 Å². The lowest BCUT2D eigenvalue weighted by Crippen LogP contribution is -2.45. The molecule has 1 saturated heterocycles. The Bertz CT molecular complexity index is 821. The zero-order chi connectivity index (χ0) is 18.0. The Kier molecular flexibility index (Phi) is 4.76. The minimum absolute atomic E-state index is 0.0727. The highest BCUT2D eigenvalue weighted by Crippen LogP contribution is 2.19. The van der Waals surface area contributed by atoms with E-state index < -0.39 is 33.6 Å². The fraction of sp³-hybridized carbons (Fsp3) is 0.438. The van der Waals surface area contributed by atoms with Gasteiger partial charge in [0.05, 0.1) is 29.2 Å². The van der Waals surface area contributed by atoms with Crippen LogP contribution in [-0.4, -0.2) is 50.2 Å². The van der Waals surface area contributed by atoms with Gasteiger partial charge in [-0.25, -0.2) is 8.42 Å². The second kappa shape index (κ2) is 6.83. The molecule has 0 aliphatic carbocycles. The maximum absolute atomic E-state index is 12.2. The number of hydrogen-bond donors (Lipinski definition) is 3. The number of fused-ring (bicyclic) bond motifs is 1. The first kappa shape index (κ1) is 17.4. The number of amides is 3. The molecule has 1 fully saturated rings. The third-order valence-corrected chi connectivity index (χ3v) is 6.19. The first-order chi connectivity index (χ1) is 11.8. The Labute approximate surface area is 145 Å². The average Bonchev–Trinajstić information content (AvgIpc) is 2.86. The zero-order valence-electron chi connectivity index (χ0n) is 13.4. The first-order valence-electron chi connectivity index (χ1n) is 8.02. The normalized spacial score (nSPS) is 24.6. The number of carbonyl (C=O) groups is 3. The molecule has 134 valence electrons. The van der Waals surface area contributed by atoms with Crippen molar-refractivity contribution in [1.29, 1.82) is 0 Å². The van der Waals surface area contributed by atoms with Gasteiger partial charge in [0.2, 0.25) is 11.8 Å². The highest BCUT2D eigenvalue weighted by molar-refractivity contribution is 7.91. The minimum atomic E-state index is -2.99. The summed E-state index contributed by atoms with van der Waals surface area (Å²) in [4.78, 5) is 36.5.